The van der Waals surface area contributed by atoms with Gasteiger partial charge in [-0.2, -0.15) is 0 Å². The third-order valence-electron chi connectivity index (χ3n) is 5.60. The monoisotopic (exact) mass is 488 g/mol. The van der Waals surface area contributed by atoms with Gasteiger partial charge in [-0.3, -0.25) is 27.9 Å². The van der Waals surface area contributed by atoms with Gasteiger partial charge in [-0.05, 0) is 0 Å². The van der Waals surface area contributed by atoms with E-state index in [4.69, 9.17) is 11.5 Å². The molecule has 34 heavy (non-hydrogen) atoms. The van der Waals surface area contributed by atoms with E-state index in [-0.39, 0.29) is 0 Å². The first-order valence-corrected chi connectivity index (χ1v) is 9.28. The summed E-state index contributed by atoms with van der Waals surface area (Å²) in [6.07, 6.45) is 0. The Kier molecular flexibility index (Phi) is 5.76. The molecule has 0 aliphatic rings. The minimum atomic E-state index is -2.49. The number of halogens is 5. The fraction of sp³-hybridized carbons (Fsp3) is 0.263. The van der Waals surface area contributed by atoms with E-state index in [2.05, 4.69) is 0 Å². The first-order chi connectivity index (χ1) is 15.7. The molecule has 0 spiro atoms. The predicted molar refractivity (Wildman–Crippen MR) is 110 cm³/mol. The summed E-state index contributed by atoms with van der Waals surface area (Å²) in [4.78, 5) is 50.5. The van der Waals surface area contributed by atoms with Crippen molar-refractivity contribution < 1.29 is 22.0 Å². The fourth-order valence-corrected chi connectivity index (χ4v) is 3.62. The summed E-state index contributed by atoms with van der Waals surface area (Å²) in [7, 11) is 4.06. The summed E-state index contributed by atoms with van der Waals surface area (Å²) in [5.41, 5.74) is 3.78. The van der Waals surface area contributed by atoms with Gasteiger partial charge in [0, 0.05) is 33.8 Å². The minimum Gasteiger partial charge on any atom is -0.385 e. The van der Waals surface area contributed by atoms with E-state index in [1.165, 1.54) is 0 Å². The fourth-order valence-electron chi connectivity index (χ4n) is 3.62. The maximum Gasteiger partial charge on any atom is 0.332 e. The van der Waals surface area contributed by atoms with Crippen LogP contribution in [0, 0.1) is 29.1 Å². The summed E-state index contributed by atoms with van der Waals surface area (Å²) >= 11 is 0. The lowest BCUT2D eigenvalue weighted by molar-refractivity contribution is 0.368. The second-order valence-corrected chi connectivity index (χ2v) is 7.43. The number of nitrogens with two attached hydrogens (primary N) is 2. The molecule has 0 bridgehead atoms. The quantitative estimate of drug-likeness (QED) is 0.290. The molecule has 15 heteroatoms. The Morgan fingerprint density at radius 1 is 0.529 bits per heavy atom. The minimum absolute atomic E-state index is 0.452. The van der Waals surface area contributed by atoms with Crippen LogP contribution in [0.25, 0.3) is 0 Å². The summed E-state index contributed by atoms with van der Waals surface area (Å²) in [6, 6.07) is 0. The number of anilines is 2. The SMILES string of the molecule is Cn1c(N)c(C(c2c(F)c(F)c(F)c(F)c2F)c2c(N)n(C)c(=O)n(C)c2=O)c(=O)n(C)c1=O. The van der Waals surface area contributed by atoms with Gasteiger partial charge in [-0.15, -0.1) is 0 Å². The number of hydrogen-bond acceptors (Lipinski definition) is 6. The maximum absolute atomic E-state index is 15.0. The topological polar surface area (TPSA) is 140 Å². The van der Waals surface area contributed by atoms with Gasteiger partial charge >= 0.3 is 11.4 Å². The number of aromatic nitrogens is 4. The molecule has 182 valence electrons. The molecule has 0 amide bonds. The van der Waals surface area contributed by atoms with Gasteiger partial charge in [-0.1, -0.05) is 0 Å². The van der Waals surface area contributed by atoms with Crippen LogP contribution in [0.5, 0.6) is 0 Å². The van der Waals surface area contributed by atoms with Crippen LogP contribution < -0.4 is 34.0 Å². The van der Waals surface area contributed by atoms with Crippen molar-refractivity contribution in [3.05, 3.63) is 87.5 Å². The third-order valence-corrected chi connectivity index (χ3v) is 5.60. The van der Waals surface area contributed by atoms with Crippen LogP contribution >= 0.6 is 0 Å². The normalized spacial score (nSPS) is 11.5. The van der Waals surface area contributed by atoms with Crippen molar-refractivity contribution in [2.24, 2.45) is 28.2 Å². The van der Waals surface area contributed by atoms with E-state index in [0.717, 1.165) is 28.2 Å². The Bertz CT molecular complexity index is 1500. The highest BCUT2D eigenvalue weighted by Gasteiger charge is 2.38. The molecule has 0 aliphatic carbocycles. The molecule has 0 aliphatic heterocycles. The highest BCUT2D eigenvalue weighted by Crippen LogP contribution is 2.38. The van der Waals surface area contributed by atoms with Crippen LogP contribution in [-0.4, -0.2) is 18.3 Å². The molecule has 0 atom stereocenters. The van der Waals surface area contributed by atoms with Crippen LogP contribution in [-0.2, 0) is 28.2 Å². The summed E-state index contributed by atoms with van der Waals surface area (Å²) in [6.45, 7) is 0. The first kappa shape index (κ1) is 24.5. The second-order valence-electron chi connectivity index (χ2n) is 7.43. The first-order valence-electron chi connectivity index (χ1n) is 9.28. The zero-order valence-corrected chi connectivity index (χ0v) is 18.0. The molecule has 0 fully saturated rings. The Hall–Kier alpha value is -4.17. The molecule has 4 N–H and O–H groups in total. The zero-order valence-electron chi connectivity index (χ0n) is 18.0. The molecule has 1 aromatic carbocycles. The van der Waals surface area contributed by atoms with Crippen molar-refractivity contribution in [1.82, 2.24) is 18.3 Å². The molecule has 0 saturated carbocycles. The van der Waals surface area contributed by atoms with Crippen molar-refractivity contribution in [2.75, 3.05) is 11.5 Å². The van der Waals surface area contributed by atoms with Gasteiger partial charge < -0.3 is 11.5 Å². The summed E-state index contributed by atoms with van der Waals surface area (Å²) < 4.78 is 74.2. The number of nitrogens with zero attached hydrogens (tertiary/aromatic N) is 4. The van der Waals surface area contributed by atoms with Crippen molar-refractivity contribution in [3.8, 4) is 0 Å². The standard InChI is InChI=1S/C19H17F5N6O4/c1-27-14(25)7(16(31)29(3)18(27)33)5(6-9(20)11(22)13(24)12(23)10(6)21)8-15(26)28(2)19(34)30(4)17(8)32/h5H,25-26H2,1-4H3. The van der Waals surface area contributed by atoms with E-state index in [1.54, 1.807) is 0 Å². The van der Waals surface area contributed by atoms with Gasteiger partial charge in [0.25, 0.3) is 11.1 Å². The van der Waals surface area contributed by atoms with E-state index in [0.29, 0.717) is 18.3 Å². The molecule has 2 aromatic heterocycles. The lowest BCUT2D eigenvalue weighted by atomic mass is 9.85. The number of rotatable bonds is 3. The van der Waals surface area contributed by atoms with Crippen molar-refractivity contribution in [2.45, 2.75) is 5.92 Å². The van der Waals surface area contributed by atoms with Crippen molar-refractivity contribution in [3.63, 3.8) is 0 Å². The lowest BCUT2D eigenvalue weighted by Crippen LogP contribution is -2.45. The Balaban J connectivity index is 2.74. The smallest absolute Gasteiger partial charge is 0.332 e. The molecular formula is C19H17F5N6O4. The maximum atomic E-state index is 15.0. The van der Waals surface area contributed by atoms with E-state index >= 15 is 0 Å². The molecule has 0 unspecified atom stereocenters. The summed E-state index contributed by atoms with van der Waals surface area (Å²) in [5, 5.41) is 0. The van der Waals surface area contributed by atoms with Gasteiger partial charge in [0.2, 0.25) is 5.82 Å². The number of benzene rings is 1. The predicted octanol–water partition coefficient (Wildman–Crippen LogP) is -0.478. The Morgan fingerprint density at radius 2 is 0.824 bits per heavy atom. The van der Waals surface area contributed by atoms with Crippen LogP contribution in [0.15, 0.2) is 19.2 Å². The second kappa shape index (κ2) is 8.00. The third kappa shape index (κ3) is 3.14. The van der Waals surface area contributed by atoms with Crippen LogP contribution in [0.2, 0.25) is 0 Å². The highest BCUT2D eigenvalue weighted by atomic mass is 19.2. The van der Waals surface area contributed by atoms with Gasteiger partial charge in [0.1, 0.15) is 11.6 Å². The number of nitrogen functional groups attached to an aromatic ring is 2. The average molecular weight is 488 g/mol. The van der Waals surface area contributed by atoms with Gasteiger partial charge in [0.15, 0.2) is 23.3 Å². The number of hydrogen-bond donors (Lipinski definition) is 2. The average Bonchev–Trinajstić information content (AvgIpc) is 2.81. The zero-order chi connectivity index (χ0) is 26.0. The molecular weight excluding hydrogens is 471 g/mol. The molecule has 0 radical (unpaired) electrons. The molecule has 0 saturated heterocycles. The largest absolute Gasteiger partial charge is 0.385 e. The van der Waals surface area contributed by atoms with Crippen LogP contribution in [0.1, 0.15) is 22.6 Å². The van der Waals surface area contributed by atoms with Crippen LogP contribution in [0.3, 0.4) is 0 Å². The Labute approximate surface area is 185 Å². The molecule has 10 nitrogen and oxygen atoms in total. The summed E-state index contributed by atoms with van der Waals surface area (Å²) in [5.74, 6) is -15.8. The van der Waals surface area contributed by atoms with E-state index < -0.39 is 85.8 Å². The molecule has 3 aromatic rings. The van der Waals surface area contributed by atoms with E-state index in [9.17, 15) is 41.1 Å². The molecule has 3 rings (SSSR count). The van der Waals surface area contributed by atoms with E-state index in [1.807, 2.05) is 0 Å². The van der Waals surface area contributed by atoms with Crippen molar-refractivity contribution in [1.29, 1.82) is 0 Å². The lowest BCUT2D eigenvalue weighted by Gasteiger charge is -2.24. The van der Waals surface area contributed by atoms with Crippen LogP contribution in [0.4, 0.5) is 33.6 Å². The highest BCUT2D eigenvalue weighted by molar-refractivity contribution is 5.57. The van der Waals surface area contributed by atoms with Crippen molar-refractivity contribution >= 4 is 11.6 Å². The van der Waals surface area contributed by atoms with Gasteiger partial charge in [0.05, 0.1) is 17.0 Å². The Morgan fingerprint density at radius 3 is 1.15 bits per heavy atom. The van der Waals surface area contributed by atoms with Gasteiger partial charge in [-0.25, -0.2) is 31.5 Å². The molecule has 2 heterocycles.